The van der Waals surface area contributed by atoms with Gasteiger partial charge >= 0.3 is 0 Å². The molecule has 0 spiro atoms. The first-order chi connectivity index (χ1) is 72.3. The Balaban J connectivity index is 0.000000149. The Hall–Kier alpha value is -18.0. The molecule has 0 radical (unpaired) electrons. The number of hydrogen-bond acceptors (Lipinski definition) is 10. The Morgan fingerprint density at radius 3 is 0.719 bits per heavy atom. The Morgan fingerprint density at radius 2 is 0.322 bits per heavy atom. The molecule has 0 aliphatic rings. The summed E-state index contributed by atoms with van der Waals surface area (Å²) in [5, 5.41) is 12.6. The second-order valence-electron chi connectivity index (χ2n) is 36.7. The van der Waals surface area contributed by atoms with Gasteiger partial charge in [0.25, 0.3) is 0 Å². The van der Waals surface area contributed by atoms with Crippen LogP contribution >= 0.6 is 45.3 Å². The fourth-order valence-electron chi connectivity index (χ4n) is 20.9. The second kappa shape index (κ2) is 38.8. The van der Waals surface area contributed by atoms with Gasteiger partial charge in [0.2, 0.25) is 0 Å². The molecule has 27 rings (SSSR count). The van der Waals surface area contributed by atoms with Crippen molar-refractivity contribution in [3.05, 3.63) is 558 Å². The molecule has 10 heteroatoms. The molecular weight excluding hydrogens is 1850 g/mol. The largest absolute Gasteiger partial charge is 0.310 e. The van der Waals surface area contributed by atoms with Crippen LogP contribution in [0.5, 0.6) is 0 Å². The fourth-order valence-corrected chi connectivity index (χ4v) is 25.3. The van der Waals surface area contributed by atoms with Crippen molar-refractivity contribution in [2.75, 3.05) is 29.4 Å². The summed E-state index contributed by atoms with van der Waals surface area (Å²) < 4.78 is 10.2. The highest BCUT2D eigenvalue weighted by Gasteiger charge is 2.26. The molecule has 0 aliphatic heterocycles. The number of fused-ring (bicyclic) bond motifs is 13. The standard InChI is InChI=1S/C70H47N3S2.C66H45N3S2/c1-4-20-52(21-5-1)71(53-22-6-2-7-23-53)57-27-16-28-58(45-57)73(56-26-14-19-50(43-56)51-35-41-68-65(44-51)63-30-12-13-32-67(63)74-68)59-39-42-69-66(46-59)64-40-38-60(47-70(64)75-69)72(54-24-8-3-9-25-54)55-36-33-49(34-37-55)62-31-15-18-48-17-10-11-29-61(48)62;1-5-16-46(17-6-1)48-28-32-52(33-29-48)68(53-34-30-49(31-35-53)47-18-7-2-8-19-47)54-24-15-25-55(42-54)69(56-37-40-64-61(43-56)59-26-13-14-27-63(59)70-64)57-38-41-65-62(44-57)60-39-36-58(45-66(60)71-65)67(50-20-9-3-10-21-50)51-22-11-4-12-23-51/h1-47H;1-45H. The number of nitrogens with zero attached hydrogens (tertiary/aromatic N) is 6. The topological polar surface area (TPSA) is 19.4 Å². The van der Waals surface area contributed by atoms with E-state index in [1.165, 1.54) is 136 Å². The number of rotatable bonds is 22. The molecule has 0 bridgehead atoms. The van der Waals surface area contributed by atoms with Crippen molar-refractivity contribution < 1.29 is 0 Å². The third-order valence-corrected chi connectivity index (χ3v) is 32.4. The molecule has 23 aromatic carbocycles. The smallest absolute Gasteiger partial charge is 0.0482 e. The van der Waals surface area contributed by atoms with E-state index in [-0.39, 0.29) is 0 Å². The molecule has 6 nitrogen and oxygen atoms in total. The average Bonchev–Trinajstić information content (AvgIpc) is 1.55. The van der Waals surface area contributed by atoms with Crippen molar-refractivity contribution in [2.45, 2.75) is 0 Å². The highest BCUT2D eigenvalue weighted by Crippen LogP contribution is 2.52. The maximum atomic E-state index is 2.44. The molecule has 4 aromatic heterocycles. The zero-order valence-corrected chi connectivity index (χ0v) is 82.7. The Labute approximate surface area is 864 Å². The number of hydrogen-bond donors (Lipinski definition) is 0. The van der Waals surface area contributed by atoms with E-state index in [1.807, 2.05) is 45.3 Å². The van der Waals surface area contributed by atoms with Gasteiger partial charge in [-0.2, -0.15) is 0 Å². The molecule has 0 N–H and O–H groups in total. The summed E-state index contributed by atoms with van der Waals surface area (Å²) in [4.78, 5) is 14.3. The SMILES string of the molecule is c1ccc(-c2ccc(N(c3ccc(-c4ccccc4)cc3)c3cccc(N(c4ccc5sc6ccccc6c5c4)c4ccc5sc6cc(N(c7ccccc7)c7ccccc7)ccc6c5c4)c3)cc2)cc1.c1ccc(N(c2ccccc2)c2cccc(N(c3cccc(-c4ccc5sc6ccccc6c5c4)c3)c3ccc4sc5cc(N(c6ccccc6)c6ccc(-c7cccc8ccccc78)cc6)ccc5c4c3)c2)cc1. The third-order valence-electron chi connectivity index (χ3n) is 27.8. The molecule has 690 valence electrons. The third kappa shape index (κ3) is 17.1. The maximum absolute atomic E-state index is 2.44. The Kier molecular flexibility index (Phi) is 23.4. The molecule has 0 fully saturated rings. The molecule has 27 aromatic rings. The molecule has 0 amide bonds. The minimum absolute atomic E-state index is 1.06. The van der Waals surface area contributed by atoms with Crippen LogP contribution in [0.2, 0.25) is 0 Å². The molecule has 146 heavy (non-hydrogen) atoms. The summed E-state index contributed by atoms with van der Waals surface area (Å²) in [6.45, 7) is 0. The van der Waals surface area contributed by atoms with E-state index in [2.05, 4.69) is 588 Å². The van der Waals surface area contributed by atoms with Gasteiger partial charge in [-0.1, -0.05) is 309 Å². The molecular formula is C136H92N6S4. The number of thiophene rings is 4. The van der Waals surface area contributed by atoms with Crippen LogP contribution in [0.25, 0.3) is 136 Å². The lowest BCUT2D eigenvalue weighted by molar-refractivity contribution is 1.25. The Bertz CT molecular complexity index is 9280. The lowest BCUT2D eigenvalue weighted by atomic mass is 9.98. The summed E-state index contributed by atoms with van der Waals surface area (Å²) in [6.07, 6.45) is 0. The highest BCUT2D eigenvalue weighted by atomic mass is 32.1. The van der Waals surface area contributed by atoms with Gasteiger partial charge < -0.3 is 29.4 Å². The second-order valence-corrected chi connectivity index (χ2v) is 41.0. The van der Waals surface area contributed by atoms with Gasteiger partial charge in [0.1, 0.15) is 0 Å². The first-order valence-corrected chi connectivity index (χ1v) is 52.6. The highest BCUT2D eigenvalue weighted by molar-refractivity contribution is 7.27. The molecule has 0 saturated carbocycles. The lowest BCUT2D eigenvalue weighted by Crippen LogP contribution is -2.13. The summed E-state index contributed by atoms with van der Waals surface area (Å²) in [5.74, 6) is 0. The van der Waals surface area contributed by atoms with E-state index in [4.69, 9.17) is 0 Å². The van der Waals surface area contributed by atoms with E-state index in [9.17, 15) is 0 Å². The number of para-hydroxylation sites is 5. The van der Waals surface area contributed by atoms with Crippen molar-refractivity contribution in [3.8, 4) is 44.5 Å². The predicted octanol–water partition coefficient (Wildman–Crippen LogP) is 41.5. The first kappa shape index (κ1) is 88.2. The molecule has 0 unspecified atom stereocenters. The zero-order valence-electron chi connectivity index (χ0n) is 79.4. The van der Waals surface area contributed by atoms with E-state index >= 15 is 0 Å². The zero-order chi connectivity index (χ0) is 96.7. The fraction of sp³-hybridized carbons (Fsp3) is 0. The van der Waals surface area contributed by atoms with Crippen LogP contribution in [0.1, 0.15) is 0 Å². The Morgan fingerprint density at radius 1 is 0.103 bits per heavy atom. The van der Waals surface area contributed by atoms with Crippen LogP contribution in [0.3, 0.4) is 0 Å². The summed E-state index contributed by atoms with van der Waals surface area (Å²) in [5.41, 5.74) is 29.3. The van der Waals surface area contributed by atoms with Crippen LogP contribution in [0, 0.1) is 0 Å². The lowest BCUT2D eigenvalue weighted by Gasteiger charge is -2.29. The van der Waals surface area contributed by atoms with Crippen LogP contribution < -0.4 is 29.4 Å². The van der Waals surface area contributed by atoms with Crippen LogP contribution in [-0.4, -0.2) is 0 Å². The van der Waals surface area contributed by atoms with Gasteiger partial charge in [0.05, 0.1) is 0 Å². The minimum atomic E-state index is 1.06. The van der Waals surface area contributed by atoms with Crippen LogP contribution in [0.4, 0.5) is 102 Å². The van der Waals surface area contributed by atoms with Crippen molar-refractivity contribution in [3.63, 3.8) is 0 Å². The minimum Gasteiger partial charge on any atom is -0.310 e. The monoisotopic (exact) mass is 1940 g/mol. The number of anilines is 18. The summed E-state index contributed by atoms with van der Waals surface area (Å²) in [6, 6.07) is 203. The van der Waals surface area contributed by atoms with Gasteiger partial charge in [0.15, 0.2) is 0 Å². The molecule has 4 heterocycles. The van der Waals surface area contributed by atoms with Crippen LogP contribution in [0.15, 0.2) is 558 Å². The van der Waals surface area contributed by atoms with Crippen LogP contribution in [-0.2, 0) is 0 Å². The molecule has 0 saturated heterocycles. The van der Waals surface area contributed by atoms with E-state index in [1.54, 1.807) is 0 Å². The molecule has 0 aliphatic carbocycles. The van der Waals surface area contributed by atoms with E-state index in [0.29, 0.717) is 0 Å². The first-order valence-electron chi connectivity index (χ1n) is 49.4. The normalized spacial score (nSPS) is 11.4. The van der Waals surface area contributed by atoms with Gasteiger partial charge in [-0.05, 0) is 304 Å². The summed E-state index contributed by atoms with van der Waals surface area (Å²) >= 11 is 7.41. The number of benzene rings is 23. The average molecular weight is 1940 g/mol. The van der Waals surface area contributed by atoms with E-state index < -0.39 is 0 Å². The van der Waals surface area contributed by atoms with E-state index in [0.717, 1.165) is 102 Å². The van der Waals surface area contributed by atoms with Crippen molar-refractivity contribution >= 4 is 239 Å². The maximum Gasteiger partial charge on any atom is 0.0482 e. The van der Waals surface area contributed by atoms with Crippen molar-refractivity contribution in [1.82, 2.24) is 0 Å². The van der Waals surface area contributed by atoms with Gasteiger partial charge in [-0.25, -0.2) is 0 Å². The predicted molar refractivity (Wildman–Crippen MR) is 632 cm³/mol. The van der Waals surface area contributed by atoms with Gasteiger partial charge in [-0.3, -0.25) is 0 Å². The quantitative estimate of drug-likeness (QED) is 0.0669. The van der Waals surface area contributed by atoms with Crippen molar-refractivity contribution in [2.24, 2.45) is 0 Å². The summed E-state index contributed by atoms with van der Waals surface area (Å²) in [7, 11) is 0. The van der Waals surface area contributed by atoms with Gasteiger partial charge in [-0.15, -0.1) is 45.3 Å². The van der Waals surface area contributed by atoms with Gasteiger partial charge in [0, 0.05) is 183 Å². The van der Waals surface area contributed by atoms with Crippen molar-refractivity contribution in [1.29, 1.82) is 0 Å². The molecule has 0 atom stereocenters.